The third-order valence-corrected chi connectivity index (χ3v) is 6.46. The number of esters is 1. The molecule has 34 heavy (non-hydrogen) atoms. The highest BCUT2D eigenvalue weighted by molar-refractivity contribution is 6.32. The molecule has 0 saturated heterocycles. The van der Waals surface area contributed by atoms with Crippen LogP contribution in [0.5, 0.6) is 11.5 Å². The first kappa shape index (κ1) is 23.9. The van der Waals surface area contributed by atoms with E-state index in [0.29, 0.717) is 45.5 Å². The van der Waals surface area contributed by atoms with Crippen LogP contribution in [0.1, 0.15) is 53.7 Å². The predicted molar refractivity (Wildman–Crippen MR) is 126 cm³/mol. The summed E-state index contributed by atoms with van der Waals surface area (Å²) < 4.78 is 16.0. The topological polar surface area (TPSA) is 94.2 Å². The Balaban J connectivity index is 1.72. The molecule has 4 rings (SSSR count). The molecular weight excluding hydrogens is 460 g/mol. The van der Waals surface area contributed by atoms with Gasteiger partial charge >= 0.3 is 5.97 Å². The minimum absolute atomic E-state index is 0.0118. The monoisotopic (exact) mass is 486 g/mol. The molecule has 2 aromatic rings. The molecule has 1 unspecified atom stereocenters. The third-order valence-electron chi connectivity index (χ3n) is 6.10. The maximum atomic E-state index is 13.7. The average Bonchev–Trinajstić information content (AvgIpc) is 3.63. The SMILES string of the molecule is CCOc1cc(C(CC(=O)OC)N2Cc3c(Cl)ccc(NC(=O)C4CC4)c3C2=O)ccc1OC. The molecule has 0 bridgehead atoms. The summed E-state index contributed by atoms with van der Waals surface area (Å²) in [6, 6.07) is 7.99. The molecule has 180 valence electrons. The Kier molecular flexibility index (Phi) is 6.97. The highest BCUT2D eigenvalue weighted by atomic mass is 35.5. The second-order valence-corrected chi connectivity index (χ2v) is 8.69. The second-order valence-electron chi connectivity index (χ2n) is 8.28. The number of fused-ring (bicyclic) bond motifs is 1. The van der Waals surface area contributed by atoms with Gasteiger partial charge in [0.15, 0.2) is 11.5 Å². The molecule has 0 radical (unpaired) electrons. The Morgan fingerprint density at radius 2 is 1.94 bits per heavy atom. The van der Waals surface area contributed by atoms with Crippen molar-refractivity contribution in [2.75, 3.05) is 26.1 Å². The number of hydrogen-bond acceptors (Lipinski definition) is 6. The lowest BCUT2D eigenvalue weighted by Gasteiger charge is -2.28. The molecule has 1 atom stereocenters. The molecule has 2 amide bonds. The van der Waals surface area contributed by atoms with Gasteiger partial charge < -0.3 is 24.4 Å². The standard InChI is InChI=1S/C25H27ClN2O6/c1-4-34-21-11-15(7-10-20(21)32-2)19(12-22(29)33-3)28-13-16-17(26)8-9-18(23(16)25(28)31)27-24(30)14-5-6-14/h7-11,14,19H,4-6,12-13H2,1-3H3,(H,27,30). The summed E-state index contributed by atoms with van der Waals surface area (Å²) in [4.78, 5) is 40.0. The largest absolute Gasteiger partial charge is 0.493 e. The van der Waals surface area contributed by atoms with Gasteiger partial charge in [-0.3, -0.25) is 14.4 Å². The maximum absolute atomic E-state index is 13.7. The van der Waals surface area contributed by atoms with E-state index in [9.17, 15) is 14.4 Å². The first-order valence-electron chi connectivity index (χ1n) is 11.2. The van der Waals surface area contributed by atoms with Crippen LogP contribution in [-0.4, -0.2) is 43.5 Å². The minimum Gasteiger partial charge on any atom is -0.493 e. The number of carbonyl (C=O) groups excluding carboxylic acids is 3. The Bertz CT molecular complexity index is 1130. The van der Waals surface area contributed by atoms with Crippen molar-refractivity contribution in [2.45, 2.75) is 38.8 Å². The van der Waals surface area contributed by atoms with Crippen LogP contribution in [0, 0.1) is 5.92 Å². The lowest BCUT2D eigenvalue weighted by Crippen LogP contribution is -2.31. The Labute approximate surface area is 203 Å². The number of methoxy groups -OCH3 is 2. The van der Waals surface area contributed by atoms with Gasteiger partial charge in [0, 0.05) is 23.0 Å². The van der Waals surface area contributed by atoms with Crippen LogP contribution < -0.4 is 14.8 Å². The zero-order chi connectivity index (χ0) is 24.4. The summed E-state index contributed by atoms with van der Waals surface area (Å²) in [5.74, 6) is 0.173. The number of anilines is 1. The first-order chi connectivity index (χ1) is 16.4. The number of ether oxygens (including phenoxy) is 3. The van der Waals surface area contributed by atoms with Crippen LogP contribution >= 0.6 is 11.6 Å². The minimum atomic E-state index is -0.638. The number of halogens is 1. The smallest absolute Gasteiger partial charge is 0.307 e. The second kappa shape index (κ2) is 9.93. The van der Waals surface area contributed by atoms with Crippen molar-refractivity contribution < 1.29 is 28.6 Å². The van der Waals surface area contributed by atoms with Crippen molar-refractivity contribution in [1.82, 2.24) is 4.90 Å². The fourth-order valence-electron chi connectivity index (χ4n) is 4.16. The summed E-state index contributed by atoms with van der Waals surface area (Å²) in [5, 5.41) is 3.31. The van der Waals surface area contributed by atoms with E-state index < -0.39 is 12.0 Å². The average molecular weight is 487 g/mol. The van der Waals surface area contributed by atoms with Crippen LogP contribution in [0.3, 0.4) is 0 Å². The molecular formula is C25H27ClN2O6. The molecule has 0 aromatic heterocycles. The van der Waals surface area contributed by atoms with E-state index in [1.54, 1.807) is 42.3 Å². The molecule has 2 aromatic carbocycles. The number of benzene rings is 2. The molecule has 8 nitrogen and oxygen atoms in total. The van der Waals surface area contributed by atoms with Gasteiger partial charge in [-0.1, -0.05) is 17.7 Å². The molecule has 2 aliphatic rings. The maximum Gasteiger partial charge on any atom is 0.307 e. The fourth-order valence-corrected chi connectivity index (χ4v) is 4.38. The van der Waals surface area contributed by atoms with Crippen LogP contribution in [-0.2, 0) is 20.9 Å². The van der Waals surface area contributed by atoms with Gasteiger partial charge in [0.2, 0.25) is 5.91 Å². The van der Waals surface area contributed by atoms with E-state index in [2.05, 4.69) is 5.32 Å². The Morgan fingerprint density at radius 1 is 1.18 bits per heavy atom. The molecule has 1 aliphatic carbocycles. The predicted octanol–water partition coefficient (Wildman–Crippen LogP) is 4.36. The summed E-state index contributed by atoms with van der Waals surface area (Å²) in [5.41, 5.74) is 2.10. The summed E-state index contributed by atoms with van der Waals surface area (Å²) in [6.45, 7) is 2.48. The van der Waals surface area contributed by atoms with E-state index in [1.165, 1.54) is 7.11 Å². The number of amides is 2. The number of rotatable bonds is 9. The van der Waals surface area contributed by atoms with E-state index in [-0.39, 0.29) is 30.7 Å². The van der Waals surface area contributed by atoms with E-state index >= 15 is 0 Å². The van der Waals surface area contributed by atoms with Gasteiger partial charge in [-0.05, 0) is 49.6 Å². The van der Waals surface area contributed by atoms with Crippen LogP contribution in [0.25, 0.3) is 0 Å². The van der Waals surface area contributed by atoms with Crippen molar-refractivity contribution >= 4 is 35.1 Å². The van der Waals surface area contributed by atoms with Crippen LogP contribution in [0.2, 0.25) is 5.02 Å². The highest BCUT2D eigenvalue weighted by Gasteiger charge is 2.39. The molecule has 9 heteroatoms. The third kappa shape index (κ3) is 4.68. The first-order valence-corrected chi connectivity index (χ1v) is 11.6. The Morgan fingerprint density at radius 3 is 2.59 bits per heavy atom. The van der Waals surface area contributed by atoms with E-state index in [4.69, 9.17) is 25.8 Å². The number of nitrogens with zero attached hydrogens (tertiary/aromatic N) is 1. The highest BCUT2D eigenvalue weighted by Crippen LogP contribution is 2.42. The lowest BCUT2D eigenvalue weighted by atomic mass is 10.0. The zero-order valence-corrected chi connectivity index (χ0v) is 20.1. The van der Waals surface area contributed by atoms with Crippen molar-refractivity contribution in [3.63, 3.8) is 0 Å². The van der Waals surface area contributed by atoms with Gasteiger partial charge in [-0.2, -0.15) is 0 Å². The van der Waals surface area contributed by atoms with Crippen molar-refractivity contribution in [1.29, 1.82) is 0 Å². The molecule has 1 saturated carbocycles. The molecule has 1 aliphatic heterocycles. The number of hydrogen-bond donors (Lipinski definition) is 1. The molecule has 1 N–H and O–H groups in total. The van der Waals surface area contributed by atoms with E-state index in [0.717, 1.165) is 12.8 Å². The zero-order valence-electron chi connectivity index (χ0n) is 19.4. The van der Waals surface area contributed by atoms with Gasteiger partial charge in [0.1, 0.15) is 0 Å². The normalized spacial score (nSPS) is 15.5. The Hall–Kier alpha value is -3.26. The summed E-state index contributed by atoms with van der Waals surface area (Å²) in [6.07, 6.45) is 1.64. The van der Waals surface area contributed by atoms with Crippen molar-refractivity contribution in [2.24, 2.45) is 5.92 Å². The quantitative estimate of drug-likeness (QED) is 0.529. The molecule has 1 heterocycles. The van der Waals surface area contributed by atoms with Gasteiger partial charge in [0.05, 0.1) is 44.5 Å². The number of nitrogens with one attached hydrogen (secondary N) is 1. The van der Waals surface area contributed by atoms with E-state index in [1.807, 2.05) is 6.92 Å². The number of carbonyl (C=O) groups is 3. The lowest BCUT2D eigenvalue weighted by molar-refractivity contribution is -0.141. The van der Waals surface area contributed by atoms with Crippen molar-refractivity contribution in [3.8, 4) is 11.5 Å². The van der Waals surface area contributed by atoms with Gasteiger partial charge in [-0.15, -0.1) is 0 Å². The van der Waals surface area contributed by atoms with Gasteiger partial charge in [-0.25, -0.2) is 0 Å². The molecule has 1 fully saturated rings. The molecule has 0 spiro atoms. The van der Waals surface area contributed by atoms with Crippen molar-refractivity contribution in [3.05, 3.63) is 52.0 Å². The summed E-state index contributed by atoms with van der Waals surface area (Å²) in [7, 11) is 2.85. The fraction of sp³-hybridized carbons (Fsp3) is 0.400. The van der Waals surface area contributed by atoms with Gasteiger partial charge in [0.25, 0.3) is 5.91 Å². The van der Waals surface area contributed by atoms with Crippen LogP contribution in [0.15, 0.2) is 30.3 Å². The summed E-state index contributed by atoms with van der Waals surface area (Å²) >= 11 is 6.45. The van der Waals surface area contributed by atoms with Crippen LogP contribution in [0.4, 0.5) is 5.69 Å².